The Morgan fingerprint density at radius 2 is 1.74 bits per heavy atom. The Bertz CT molecular complexity index is 553. The van der Waals surface area contributed by atoms with Gasteiger partial charge in [0.05, 0.1) is 0 Å². The lowest BCUT2D eigenvalue weighted by Crippen LogP contribution is -2.22. The number of hydrogen-bond acceptors (Lipinski definition) is 2. The van der Waals surface area contributed by atoms with Crippen molar-refractivity contribution in [3.05, 3.63) is 58.1 Å². The Balaban J connectivity index is 2.23. The summed E-state index contributed by atoms with van der Waals surface area (Å²) < 4.78 is 0. The van der Waals surface area contributed by atoms with Gasteiger partial charge in [0, 0.05) is 34.5 Å². The molecule has 0 saturated carbocycles. The van der Waals surface area contributed by atoms with Crippen molar-refractivity contribution in [1.82, 2.24) is 0 Å². The second-order valence-electron chi connectivity index (χ2n) is 4.34. The van der Waals surface area contributed by atoms with E-state index in [1.165, 1.54) is 0 Å². The lowest BCUT2D eigenvalue weighted by atomic mass is 10.2. The van der Waals surface area contributed by atoms with Crippen LogP contribution in [0, 0.1) is 0 Å². The first-order valence-electron chi connectivity index (χ1n) is 6.14. The van der Waals surface area contributed by atoms with Crippen molar-refractivity contribution in [2.75, 3.05) is 17.2 Å². The maximum Gasteiger partial charge on any atom is 0.0456 e. The number of rotatable bonds is 4. The van der Waals surface area contributed by atoms with E-state index in [9.17, 15) is 0 Å². The van der Waals surface area contributed by atoms with E-state index in [1.54, 1.807) is 6.07 Å². The zero-order chi connectivity index (χ0) is 13.8. The number of nitrogen functional groups attached to an aromatic ring is 1. The Morgan fingerprint density at radius 3 is 2.37 bits per heavy atom. The highest BCUT2D eigenvalue weighted by Gasteiger charge is 2.08. The number of anilines is 2. The number of benzene rings is 2. The molecule has 4 heteroatoms. The SMILES string of the molecule is CCN(Cc1cc(Cl)ccc1Cl)c1ccc(N)cc1. The van der Waals surface area contributed by atoms with Gasteiger partial charge in [0.25, 0.3) is 0 Å². The standard InChI is InChI=1S/C15H16Cl2N2/c1-2-19(14-6-4-13(18)5-7-14)10-11-9-12(16)3-8-15(11)17/h3-9H,2,10,18H2,1H3. The van der Waals surface area contributed by atoms with Gasteiger partial charge in [0.15, 0.2) is 0 Å². The van der Waals surface area contributed by atoms with Crippen molar-refractivity contribution in [2.45, 2.75) is 13.5 Å². The van der Waals surface area contributed by atoms with Crippen LogP contribution in [-0.2, 0) is 6.54 Å². The zero-order valence-corrected chi connectivity index (χ0v) is 12.2. The van der Waals surface area contributed by atoms with Crippen molar-refractivity contribution in [1.29, 1.82) is 0 Å². The second kappa shape index (κ2) is 6.18. The molecule has 0 heterocycles. The van der Waals surface area contributed by atoms with Gasteiger partial charge in [-0.1, -0.05) is 23.2 Å². The van der Waals surface area contributed by atoms with Crippen molar-refractivity contribution in [2.24, 2.45) is 0 Å². The van der Waals surface area contributed by atoms with Crippen molar-refractivity contribution >= 4 is 34.6 Å². The minimum Gasteiger partial charge on any atom is -0.399 e. The number of nitrogens with zero attached hydrogens (tertiary/aromatic N) is 1. The maximum atomic E-state index is 6.20. The van der Waals surface area contributed by atoms with E-state index in [4.69, 9.17) is 28.9 Å². The topological polar surface area (TPSA) is 29.3 Å². The lowest BCUT2D eigenvalue weighted by molar-refractivity contribution is 0.832. The molecule has 0 saturated heterocycles. The highest BCUT2D eigenvalue weighted by Crippen LogP contribution is 2.25. The maximum absolute atomic E-state index is 6.20. The summed E-state index contributed by atoms with van der Waals surface area (Å²) in [4.78, 5) is 2.22. The lowest BCUT2D eigenvalue weighted by Gasteiger charge is -2.24. The van der Waals surface area contributed by atoms with E-state index in [0.29, 0.717) is 5.02 Å². The molecule has 0 radical (unpaired) electrons. The van der Waals surface area contributed by atoms with Crippen LogP contribution in [-0.4, -0.2) is 6.54 Å². The van der Waals surface area contributed by atoms with E-state index in [1.807, 2.05) is 36.4 Å². The first kappa shape index (κ1) is 14.0. The van der Waals surface area contributed by atoms with E-state index in [-0.39, 0.29) is 0 Å². The summed E-state index contributed by atoms with van der Waals surface area (Å²) in [5.74, 6) is 0. The quantitative estimate of drug-likeness (QED) is 0.835. The van der Waals surface area contributed by atoms with Crippen LogP contribution in [0.4, 0.5) is 11.4 Å². The van der Waals surface area contributed by atoms with E-state index < -0.39 is 0 Å². The largest absolute Gasteiger partial charge is 0.399 e. The van der Waals surface area contributed by atoms with Gasteiger partial charge in [-0.05, 0) is 55.0 Å². The zero-order valence-electron chi connectivity index (χ0n) is 10.7. The molecular formula is C15H16Cl2N2. The molecule has 0 bridgehead atoms. The predicted octanol–water partition coefficient (Wildman–Crippen LogP) is 4.60. The average Bonchev–Trinajstić information content (AvgIpc) is 2.41. The Labute approximate surface area is 123 Å². The minimum absolute atomic E-state index is 0.702. The molecule has 2 aromatic rings. The molecule has 0 amide bonds. The summed E-state index contributed by atoms with van der Waals surface area (Å²) in [7, 11) is 0. The molecule has 0 fully saturated rings. The normalized spacial score (nSPS) is 10.5. The van der Waals surface area contributed by atoms with Gasteiger partial charge < -0.3 is 10.6 Å². The van der Waals surface area contributed by atoms with Gasteiger partial charge in [-0.25, -0.2) is 0 Å². The molecular weight excluding hydrogens is 279 g/mol. The summed E-state index contributed by atoms with van der Waals surface area (Å²) in [5.41, 5.74) is 8.61. The molecule has 0 aliphatic rings. The van der Waals surface area contributed by atoms with Gasteiger partial charge in [0.2, 0.25) is 0 Å². The van der Waals surface area contributed by atoms with Crippen molar-refractivity contribution < 1.29 is 0 Å². The van der Waals surface area contributed by atoms with E-state index in [2.05, 4.69) is 11.8 Å². The fourth-order valence-corrected chi connectivity index (χ4v) is 2.31. The van der Waals surface area contributed by atoms with Crippen LogP contribution in [0.25, 0.3) is 0 Å². The fraction of sp³-hybridized carbons (Fsp3) is 0.200. The van der Waals surface area contributed by atoms with Crippen LogP contribution in [0.3, 0.4) is 0 Å². The first-order valence-corrected chi connectivity index (χ1v) is 6.90. The molecule has 2 nitrogen and oxygen atoms in total. The van der Waals surface area contributed by atoms with Crippen LogP contribution in [0.1, 0.15) is 12.5 Å². The Kier molecular flexibility index (Phi) is 4.56. The summed E-state index contributed by atoms with van der Waals surface area (Å²) in [6, 6.07) is 13.4. The summed E-state index contributed by atoms with van der Waals surface area (Å²) in [5, 5.41) is 1.44. The minimum atomic E-state index is 0.702. The molecule has 0 unspecified atom stereocenters. The van der Waals surface area contributed by atoms with Crippen LogP contribution in [0.2, 0.25) is 10.0 Å². The van der Waals surface area contributed by atoms with Crippen LogP contribution in [0.15, 0.2) is 42.5 Å². The van der Waals surface area contributed by atoms with Gasteiger partial charge in [-0.15, -0.1) is 0 Å². The number of halogens is 2. The van der Waals surface area contributed by atoms with Crippen molar-refractivity contribution in [3.8, 4) is 0 Å². The number of nitrogens with two attached hydrogens (primary N) is 1. The van der Waals surface area contributed by atoms with Crippen LogP contribution >= 0.6 is 23.2 Å². The predicted molar refractivity (Wildman–Crippen MR) is 84.0 cm³/mol. The highest BCUT2D eigenvalue weighted by atomic mass is 35.5. The van der Waals surface area contributed by atoms with Crippen LogP contribution < -0.4 is 10.6 Å². The monoisotopic (exact) mass is 294 g/mol. The summed E-state index contributed by atoms with van der Waals surface area (Å²) in [6.45, 7) is 3.71. The summed E-state index contributed by atoms with van der Waals surface area (Å²) in [6.07, 6.45) is 0. The molecule has 0 aliphatic carbocycles. The molecule has 2 rings (SSSR count). The molecule has 19 heavy (non-hydrogen) atoms. The Hall–Kier alpha value is -1.38. The average molecular weight is 295 g/mol. The van der Waals surface area contributed by atoms with E-state index in [0.717, 1.165) is 35.1 Å². The second-order valence-corrected chi connectivity index (χ2v) is 5.19. The smallest absolute Gasteiger partial charge is 0.0456 e. The summed E-state index contributed by atoms with van der Waals surface area (Å²) >= 11 is 12.2. The molecule has 2 aromatic carbocycles. The third-order valence-electron chi connectivity index (χ3n) is 3.01. The first-order chi connectivity index (χ1) is 9.10. The molecule has 0 aromatic heterocycles. The van der Waals surface area contributed by atoms with E-state index >= 15 is 0 Å². The molecule has 2 N–H and O–H groups in total. The van der Waals surface area contributed by atoms with Gasteiger partial charge in [-0.2, -0.15) is 0 Å². The Morgan fingerprint density at radius 1 is 1.05 bits per heavy atom. The van der Waals surface area contributed by atoms with Gasteiger partial charge >= 0.3 is 0 Å². The third kappa shape index (κ3) is 3.55. The molecule has 0 spiro atoms. The van der Waals surface area contributed by atoms with Gasteiger partial charge in [0.1, 0.15) is 0 Å². The molecule has 0 atom stereocenters. The molecule has 100 valence electrons. The highest BCUT2D eigenvalue weighted by molar-refractivity contribution is 6.33. The van der Waals surface area contributed by atoms with Crippen LogP contribution in [0.5, 0.6) is 0 Å². The number of hydrogen-bond donors (Lipinski definition) is 1. The fourth-order valence-electron chi connectivity index (χ4n) is 1.94. The van der Waals surface area contributed by atoms with Gasteiger partial charge in [-0.3, -0.25) is 0 Å². The third-order valence-corrected chi connectivity index (χ3v) is 3.61. The van der Waals surface area contributed by atoms with Crippen molar-refractivity contribution in [3.63, 3.8) is 0 Å². The molecule has 0 aliphatic heterocycles.